The Morgan fingerprint density at radius 3 is 2.65 bits per heavy atom. The molecule has 3 N–H and O–H groups in total. The molecule has 0 amide bonds. The van der Waals surface area contributed by atoms with Crippen molar-refractivity contribution in [3.05, 3.63) is 64.8 Å². The maximum atomic E-state index is 6.12. The number of nitrogens with one attached hydrogen (secondary N) is 1. The van der Waals surface area contributed by atoms with Crippen LogP contribution in [0.15, 0.2) is 42.5 Å². The maximum absolute atomic E-state index is 6.12. The Balaban J connectivity index is 2.02. The van der Waals surface area contributed by atoms with Gasteiger partial charge in [-0.1, -0.05) is 35.9 Å². The molecular weight excluding hydrogens is 284 g/mol. The monoisotopic (exact) mass is 308 g/mol. The molecule has 1 atom stereocenters. The van der Waals surface area contributed by atoms with E-state index < -0.39 is 0 Å². The van der Waals surface area contributed by atoms with Crippen LogP contribution in [0.25, 0.3) is 10.9 Å². The number of aromatic amines is 1. The van der Waals surface area contributed by atoms with Gasteiger partial charge in [0.15, 0.2) is 0 Å². The normalized spacial score (nSPS) is 12.5. The first-order valence-corrected chi connectivity index (χ1v) is 8.04. The van der Waals surface area contributed by atoms with Crippen molar-refractivity contribution in [3.8, 4) is 5.75 Å². The smallest absolute Gasteiger partial charge is 0.122 e. The van der Waals surface area contributed by atoms with Gasteiger partial charge in [0.25, 0.3) is 0 Å². The molecule has 0 radical (unpaired) electrons. The van der Waals surface area contributed by atoms with Crippen LogP contribution in [0.1, 0.15) is 28.3 Å². The van der Waals surface area contributed by atoms with Crippen LogP contribution in [-0.4, -0.2) is 18.6 Å². The average molecular weight is 308 g/mol. The Morgan fingerprint density at radius 1 is 1.13 bits per heavy atom. The molecule has 0 saturated carbocycles. The molecule has 2 aromatic carbocycles. The third-order valence-corrected chi connectivity index (χ3v) is 4.59. The van der Waals surface area contributed by atoms with E-state index >= 15 is 0 Å². The minimum absolute atomic E-state index is 0.239. The summed E-state index contributed by atoms with van der Waals surface area (Å²) in [6, 6.07) is 14.8. The Morgan fingerprint density at radius 2 is 1.91 bits per heavy atom. The predicted molar refractivity (Wildman–Crippen MR) is 96.3 cm³/mol. The van der Waals surface area contributed by atoms with Crippen LogP contribution in [0.3, 0.4) is 0 Å². The van der Waals surface area contributed by atoms with E-state index in [1.165, 1.54) is 33.3 Å². The third kappa shape index (κ3) is 2.97. The molecule has 120 valence electrons. The first kappa shape index (κ1) is 15.6. The number of aryl methyl sites for hydroxylation is 2. The molecule has 3 heteroatoms. The van der Waals surface area contributed by atoms with Crippen molar-refractivity contribution in [3.63, 3.8) is 0 Å². The zero-order valence-electron chi connectivity index (χ0n) is 14.0. The third-order valence-electron chi connectivity index (χ3n) is 4.59. The van der Waals surface area contributed by atoms with Crippen molar-refractivity contribution >= 4 is 10.9 Å². The fourth-order valence-corrected chi connectivity index (χ4v) is 3.34. The quantitative estimate of drug-likeness (QED) is 0.746. The maximum Gasteiger partial charge on any atom is 0.122 e. The van der Waals surface area contributed by atoms with Gasteiger partial charge in [0, 0.05) is 22.5 Å². The second-order valence-electron chi connectivity index (χ2n) is 6.16. The zero-order chi connectivity index (χ0) is 16.4. The van der Waals surface area contributed by atoms with Gasteiger partial charge in [-0.2, -0.15) is 0 Å². The molecule has 0 bridgehead atoms. The molecule has 0 aliphatic carbocycles. The van der Waals surface area contributed by atoms with Gasteiger partial charge in [0.05, 0.1) is 7.11 Å². The average Bonchev–Trinajstić information content (AvgIpc) is 2.88. The van der Waals surface area contributed by atoms with Crippen molar-refractivity contribution in [1.82, 2.24) is 4.98 Å². The van der Waals surface area contributed by atoms with Gasteiger partial charge < -0.3 is 15.5 Å². The Bertz CT molecular complexity index is 820. The molecule has 1 unspecified atom stereocenters. The summed E-state index contributed by atoms with van der Waals surface area (Å²) in [5.41, 5.74) is 12.3. The standard InChI is InChI=1S/C20H24N2O/c1-13-8-9-20(23-3)18(10-13)15(12-21)11-17-14(2)22-19-7-5-4-6-16(17)19/h4-10,15,22H,11-12,21H2,1-3H3. The summed E-state index contributed by atoms with van der Waals surface area (Å²) in [6.07, 6.45) is 0.909. The molecule has 0 spiro atoms. The number of H-pyrrole nitrogens is 1. The molecule has 0 aliphatic rings. The van der Waals surface area contributed by atoms with Gasteiger partial charge in [-0.3, -0.25) is 0 Å². The Hall–Kier alpha value is -2.26. The van der Waals surface area contributed by atoms with Crippen LogP contribution < -0.4 is 10.5 Å². The summed E-state index contributed by atoms with van der Waals surface area (Å²) in [5.74, 6) is 1.16. The largest absolute Gasteiger partial charge is 0.496 e. The summed E-state index contributed by atoms with van der Waals surface area (Å²) < 4.78 is 5.56. The van der Waals surface area contributed by atoms with Crippen LogP contribution in [0, 0.1) is 13.8 Å². The van der Waals surface area contributed by atoms with Gasteiger partial charge in [-0.25, -0.2) is 0 Å². The lowest BCUT2D eigenvalue weighted by atomic mass is 9.89. The van der Waals surface area contributed by atoms with Crippen LogP contribution in [-0.2, 0) is 6.42 Å². The van der Waals surface area contributed by atoms with E-state index in [4.69, 9.17) is 10.5 Å². The second kappa shape index (κ2) is 6.47. The summed E-state index contributed by atoms with van der Waals surface area (Å²) in [6.45, 7) is 4.84. The number of hydrogen-bond donors (Lipinski definition) is 2. The van der Waals surface area contributed by atoms with E-state index in [0.717, 1.165) is 12.2 Å². The summed E-state index contributed by atoms with van der Waals surface area (Å²) in [5, 5.41) is 1.29. The minimum atomic E-state index is 0.239. The SMILES string of the molecule is COc1ccc(C)cc1C(CN)Cc1c(C)[nH]c2ccccc12. The second-order valence-corrected chi connectivity index (χ2v) is 6.16. The van der Waals surface area contributed by atoms with Gasteiger partial charge >= 0.3 is 0 Å². The number of ether oxygens (including phenoxy) is 1. The molecule has 1 heterocycles. The minimum Gasteiger partial charge on any atom is -0.496 e. The van der Waals surface area contributed by atoms with E-state index in [9.17, 15) is 0 Å². The highest BCUT2D eigenvalue weighted by Crippen LogP contribution is 2.33. The lowest BCUT2D eigenvalue weighted by molar-refractivity contribution is 0.405. The zero-order valence-corrected chi connectivity index (χ0v) is 14.0. The summed E-state index contributed by atoms with van der Waals surface area (Å²) in [4.78, 5) is 3.48. The van der Waals surface area contributed by atoms with E-state index in [2.05, 4.69) is 55.2 Å². The number of para-hydroxylation sites is 1. The number of nitrogens with two attached hydrogens (primary N) is 1. The first-order valence-electron chi connectivity index (χ1n) is 8.04. The number of fused-ring (bicyclic) bond motifs is 1. The van der Waals surface area contributed by atoms with Gasteiger partial charge in [0.1, 0.15) is 5.75 Å². The fourth-order valence-electron chi connectivity index (χ4n) is 3.34. The molecule has 1 aromatic heterocycles. The van der Waals surface area contributed by atoms with Gasteiger partial charge in [-0.15, -0.1) is 0 Å². The van der Waals surface area contributed by atoms with Crippen molar-refractivity contribution in [2.45, 2.75) is 26.2 Å². The molecule has 23 heavy (non-hydrogen) atoms. The van der Waals surface area contributed by atoms with Crippen molar-refractivity contribution in [2.24, 2.45) is 5.73 Å². The lowest BCUT2D eigenvalue weighted by Crippen LogP contribution is -2.16. The number of benzene rings is 2. The van der Waals surface area contributed by atoms with E-state index in [1.54, 1.807) is 7.11 Å². The molecule has 3 aromatic rings. The van der Waals surface area contributed by atoms with Crippen LogP contribution in [0.4, 0.5) is 0 Å². The molecule has 3 rings (SSSR count). The van der Waals surface area contributed by atoms with Crippen LogP contribution >= 0.6 is 0 Å². The number of aromatic nitrogens is 1. The molecule has 3 nitrogen and oxygen atoms in total. The van der Waals surface area contributed by atoms with Gasteiger partial charge in [-0.05, 0) is 50.1 Å². The highest BCUT2D eigenvalue weighted by Gasteiger charge is 2.19. The Kier molecular flexibility index (Phi) is 4.39. The number of hydrogen-bond acceptors (Lipinski definition) is 2. The van der Waals surface area contributed by atoms with E-state index in [1.807, 2.05) is 6.07 Å². The summed E-state index contributed by atoms with van der Waals surface area (Å²) in [7, 11) is 1.72. The van der Waals surface area contributed by atoms with Crippen molar-refractivity contribution in [1.29, 1.82) is 0 Å². The lowest BCUT2D eigenvalue weighted by Gasteiger charge is -2.19. The van der Waals surface area contributed by atoms with E-state index in [-0.39, 0.29) is 5.92 Å². The number of methoxy groups -OCH3 is 1. The highest BCUT2D eigenvalue weighted by atomic mass is 16.5. The van der Waals surface area contributed by atoms with E-state index in [0.29, 0.717) is 6.54 Å². The Labute approximate surface area is 137 Å². The molecular formula is C20H24N2O. The predicted octanol–water partition coefficient (Wildman–Crippen LogP) is 4.08. The topological polar surface area (TPSA) is 51.0 Å². The number of rotatable bonds is 5. The van der Waals surface area contributed by atoms with Crippen molar-refractivity contribution < 1.29 is 4.74 Å². The molecule has 0 saturated heterocycles. The van der Waals surface area contributed by atoms with Gasteiger partial charge in [0.2, 0.25) is 0 Å². The van der Waals surface area contributed by atoms with Crippen LogP contribution in [0.5, 0.6) is 5.75 Å². The van der Waals surface area contributed by atoms with Crippen LogP contribution in [0.2, 0.25) is 0 Å². The highest BCUT2D eigenvalue weighted by molar-refractivity contribution is 5.84. The van der Waals surface area contributed by atoms with Crippen molar-refractivity contribution in [2.75, 3.05) is 13.7 Å². The molecule has 0 aliphatic heterocycles. The molecule has 0 fully saturated rings. The fraction of sp³-hybridized carbons (Fsp3) is 0.300. The summed E-state index contributed by atoms with van der Waals surface area (Å²) >= 11 is 0. The first-order chi connectivity index (χ1) is 11.1.